The van der Waals surface area contributed by atoms with Crippen LogP contribution in [-0.2, 0) is 17.8 Å². The van der Waals surface area contributed by atoms with E-state index < -0.39 is 5.92 Å². The van der Waals surface area contributed by atoms with E-state index in [1.165, 1.54) is 0 Å². The molecule has 0 bridgehead atoms. The van der Waals surface area contributed by atoms with Gasteiger partial charge < -0.3 is 15.2 Å². The highest BCUT2D eigenvalue weighted by molar-refractivity contribution is 5.73. The summed E-state index contributed by atoms with van der Waals surface area (Å²) >= 11 is 0. The Morgan fingerprint density at radius 2 is 2.00 bits per heavy atom. The molecule has 2 N–H and O–H groups in total. The number of anilines is 1. The second-order valence-corrected chi connectivity index (χ2v) is 8.82. The number of benzene rings is 1. The summed E-state index contributed by atoms with van der Waals surface area (Å²) in [6.07, 6.45) is 3.67. The Kier molecular flexibility index (Phi) is 4.28. The summed E-state index contributed by atoms with van der Waals surface area (Å²) in [5, 5.41) is 22.5. The predicted molar refractivity (Wildman–Crippen MR) is 105 cm³/mol. The van der Waals surface area contributed by atoms with Gasteiger partial charge in [0.15, 0.2) is 5.82 Å². The van der Waals surface area contributed by atoms with Crippen molar-refractivity contribution in [2.75, 3.05) is 5.32 Å². The van der Waals surface area contributed by atoms with Gasteiger partial charge in [0.25, 0.3) is 0 Å². The number of phenols is 1. The SMILES string of the molecule is Cc1ccc(-c2nnc(NC3CCCC(F)(F)C3)c3c2CC2(CC2)OC3)c(O)c1. The van der Waals surface area contributed by atoms with Gasteiger partial charge in [-0.15, -0.1) is 10.2 Å². The average Bonchev–Trinajstić information content (AvgIpc) is 3.40. The molecule has 1 unspecified atom stereocenters. The van der Waals surface area contributed by atoms with Crippen LogP contribution in [-0.4, -0.2) is 32.9 Å². The molecule has 2 aliphatic carbocycles. The van der Waals surface area contributed by atoms with Gasteiger partial charge >= 0.3 is 0 Å². The van der Waals surface area contributed by atoms with Crippen LogP contribution in [0.25, 0.3) is 11.3 Å². The van der Waals surface area contributed by atoms with Crippen LogP contribution in [0.1, 0.15) is 55.2 Å². The van der Waals surface area contributed by atoms with E-state index in [4.69, 9.17) is 4.74 Å². The zero-order chi connectivity index (χ0) is 20.2. The Morgan fingerprint density at radius 3 is 2.72 bits per heavy atom. The first-order chi connectivity index (χ1) is 13.8. The van der Waals surface area contributed by atoms with Gasteiger partial charge in [0.1, 0.15) is 11.4 Å². The topological polar surface area (TPSA) is 67.3 Å². The zero-order valence-corrected chi connectivity index (χ0v) is 16.5. The summed E-state index contributed by atoms with van der Waals surface area (Å²) in [5.74, 6) is -1.93. The molecule has 2 heterocycles. The molecule has 1 aromatic heterocycles. The van der Waals surface area contributed by atoms with Gasteiger partial charge in [0, 0.05) is 36.4 Å². The Labute approximate surface area is 168 Å². The molecule has 5 nitrogen and oxygen atoms in total. The molecule has 0 saturated heterocycles. The number of phenolic OH excluding ortho intramolecular Hbond substituents is 1. The third-order valence-electron chi connectivity index (χ3n) is 6.40. The summed E-state index contributed by atoms with van der Waals surface area (Å²) in [6, 6.07) is 5.18. The maximum atomic E-state index is 13.8. The van der Waals surface area contributed by atoms with E-state index in [1.807, 2.05) is 19.1 Å². The Morgan fingerprint density at radius 1 is 1.17 bits per heavy atom. The lowest BCUT2D eigenvalue weighted by Gasteiger charge is -2.32. The minimum atomic E-state index is -2.63. The first-order valence-corrected chi connectivity index (χ1v) is 10.3. The largest absolute Gasteiger partial charge is 0.507 e. The van der Waals surface area contributed by atoms with Crippen LogP contribution in [0.15, 0.2) is 18.2 Å². The number of nitrogens with zero attached hydrogens (tertiary/aromatic N) is 2. The lowest BCUT2D eigenvalue weighted by molar-refractivity contribution is -0.0374. The molecule has 29 heavy (non-hydrogen) atoms. The third-order valence-corrected chi connectivity index (χ3v) is 6.40. The van der Waals surface area contributed by atoms with Crippen molar-refractivity contribution >= 4 is 5.82 Å². The van der Waals surface area contributed by atoms with Crippen molar-refractivity contribution in [1.82, 2.24) is 10.2 Å². The number of nitrogens with one attached hydrogen (secondary N) is 1. The molecule has 5 rings (SSSR count). The van der Waals surface area contributed by atoms with Crippen LogP contribution in [0, 0.1) is 6.92 Å². The molecule has 154 valence electrons. The van der Waals surface area contributed by atoms with Gasteiger partial charge in [0.2, 0.25) is 5.92 Å². The fraction of sp³-hybridized carbons (Fsp3) is 0.545. The Balaban J connectivity index is 1.53. The van der Waals surface area contributed by atoms with E-state index in [0.717, 1.165) is 29.5 Å². The van der Waals surface area contributed by atoms with Gasteiger partial charge in [-0.05, 0) is 55.9 Å². The number of rotatable bonds is 3. The van der Waals surface area contributed by atoms with E-state index in [0.29, 0.717) is 42.9 Å². The van der Waals surface area contributed by atoms with Crippen LogP contribution in [0.3, 0.4) is 0 Å². The second-order valence-electron chi connectivity index (χ2n) is 8.82. The molecule has 2 fully saturated rings. The molecule has 2 saturated carbocycles. The monoisotopic (exact) mass is 401 g/mol. The van der Waals surface area contributed by atoms with Gasteiger partial charge in [-0.3, -0.25) is 0 Å². The zero-order valence-electron chi connectivity index (χ0n) is 16.5. The first kappa shape index (κ1) is 18.7. The summed E-state index contributed by atoms with van der Waals surface area (Å²) in [7, 11) is 0. The van der Waals surface area contributed by atoms with Gasteiger partial charge in [0.05, 0.1) is 12.2 Å². The maximum Gasteiger partial charge on any atom is 0.250 e. The quantitative estimate of drug-likeness (QED) is 0.777. The highest BCUT2D eigenvalue weighted by Crippen LogP contribution is 2.49. The number of hydrogen-bond donors (Lipinski definition) is 2. The van der Waals surface area contributed by atoms with Crippen LogP contribution in [0.5, 0.6) is 5.75 Å². The number of fused-ring (bicyclic) bond motifs is 1. The number of alkyl halides is 2. The lowest BCUT2D eigenvalue weighted by atomic mass is 9.90. The van der Waals surface area contributed by atoms with Crippen LogP contribution < -0.4 is 5.32 Å². The highest BCUT2D eigenvalue weighted by atomic mass is 19.3. The molecule has 1 atom stereocenters. The van der Waals surface area contributed by atoms with E-state index in [1.54, 1.807) is 6.07 Å². The van der Waals surface area contributed by atoms with Gasteiger partial charge in [-0.2, -0.15) is 0 Å². The van der Waals surface area contributed by atoms with E-state index in [2.05, 4.69) is 15.5 Å². The number of halogens is 2. The van der Waals surface area contributed by atoms with Crippen molar-refractivity contribution in [3.63, 3.8) is 0 Å². The molecule has 3 aliphatic rings. The van der Waals surface area contributed by atoms with Crippen molar-refractivity contribution in [2.45, 2.75) is 76.0 Å². The van der Waals surface area contributed by atoms with E-state index >= 15 is 0 Å². The number of aromatic hydroxyl groups is 1. The molecule has 1 spiro atoms. The number of ether oxygens (including phenoxy) is 1. The van der Waals surface area contributed by atoms with E-state index in [9.17, 15) is 13.9 Å². The molecule has 1 aliphatic heterocycles. The molecular weight excluding hydrogens is 376 g/mol. The smallest absolute Gasteiger partial charge is 0.250 e. The third kappa shape index (κ3) is 3.56. The van der Waals surface area contributed by atoms with Crippen LogP contribution in [0.2, 0.25) is 0 Å². The fourth-order valence-corrected chi connectivity index (χ4v) is 4.57. The van der Waals surface area contributed by atoms with Crippen LogP contribution in [0.4, 0.5) is 14.6 Å². The minimum Gasteiger partial charge on any atom is -0.507 e. The van der Waals surface area contributed by atoms with Gasteiger partial charge in [-0.25, -0.2) is 8.78 Å². The Hall–Kier alpha value is -2.28. The minimum absolute atomic E-state index is 0.0494. The van der Waals surface area contributed by atoms with Gasteiger partial charge in [-0.1, -0.05) is 6.07 Å². The molecule has 0 radical (unpaired) electrons. The van der Waals surface area contributed by atoms with Crippen molar-refractivity contribution in [3.05, 3.63) is 34.9 Å². The average molecular weight is 401 g/mol. The molecule has 2 aromatic rings. The normalized spacial score (nSPS) is 24.2. The maximum absolute atomic E-state index is 13.8. The van der Waals surface area contributed by atoms with Crippen molar-refractivity contribution in [2.24, 2.45) is 0 Å². The van der Waals surface area contributed by atoms with Crippen molar-refractivity contribution in [3.8, 4) is 17.0 Å². The first-order valence-electron chi connectivity index (χ1n) is 10.3. The van der Waals surface area contributed by atoms with E-state index in [-0.39, 0.29) is 30.2 Å². The summed E-state index contributed by atoms with van der Waals surface area (Å²) in [6.45, 7) is 2.31. The molecule has 7 heteroatoms. The summed E-state index contributed by atoms with van der Waals surface area (Å²) < 4.78 is 33.8. The number of aryl methyl sites for hydroxylation is 1. The fourth-order valence-electron chi connectivity index (χ4n) is 4.57. The molecule has 1 aromatic carbocycles. The van der Waals surface area contributed by atoms with Crippen molar-refractivity contribution < 1.29 is 18.6 Å². The van der Waals surface area contributed by atoms with Crippen LogP contribution >= 0.6 is 0 Å². The van der Waals surface area contributed by atoms with Crippen molar-refractivity contribution in [1.29, 1.82) is 0 Å². The molecule has 0 amide bonds. The number of hydrogen-bond acceptors (Lipinski definition) is 5. The summed E-state index contributed by atoms with van der Waals surface area (Å²) in [5.41, 5.74) is 4.01. The second kappa shape index (κ2) is 6.62. The number of aromatic nitrogens is 2. The highest BCUT2D eigenvalue weighted by Gasteiger charge is 2.48. The summed E-state index contributed by atoms with van der Waals surface area (Å²) in [4.78, 5) is 0. The molecular formula is C22H25F2N3O2. The lowest BCUT2D eigenvalue weighted by Crippen LogP contribution is -2.35. The standard InChI is InChI=1S/C22H25F2N3O2/c1-13-4-5-15(18(28)9-13)19-16-11-21(7-8-21)29-12-17(16)20(27-26-19)25-14-3-2-6-22(23,24)10-14/h4-5,9,14,28H,2-3,6-8,10-12H2,1H3,(H,25,27). The predicted octanol–water partition coefficient (Wildman–Crippen LogP) is 4.75. The Bertz CT molecular complexity index is 959.